The van der Waals surface area contributed by atoms with Crippen LogP contribution in [0.1, 0.15) is 62.3 Å². The van der Waals surface area contributed by atoms with Crippen molar-refractivity contribution in [3.05, 3.63) is 63.3 Å². The number of pyridine rings is 1. The van der Waals surface area contributed by atoms with Gasteiger partial charge in [0.1, 0.15) is 28.8 Å². The summed E-state index contributed by atoms with van der Waals surface area (Å²) in [6.45, 7) is 7.28. The second-order valence-electron chi connectivity index (χ2n) is 13.5. The van der Waals surface area contributed by atoms with Gasteiger partial charge in [0.15, 0.2) is 5.96 Å². The molecule has 0 radical (unpaired) electrons. The lowest BCUT2D eigenvalue weighted by molar-refractivity contribution is -0.192. The topological polar surface area (TPSA) is 237 Å². The van der Waals surface area contributed by atoms with Crippen molar-refractivity contribution in [1.82, 2.24) is 19.5 Å². The van der Waals surface area contributed by atoms with E-state index >= 15 is 0 Å². The number of aliphatic imine (C=N–C) groups is 1. The van der Waals surface area contributed by atoms with E-state index in [0.29, 0.717) is 43.5 Å². The van der Waals surface area contributed by atoms with Gasteiger partial charge in [-0.2, -0.15) is 17.9 Å². The van der Waals surface area contributed by atoms with Gasteiger partial charge in [-0.05, 0) is 69.4 Å². The van der Waals surface area contributed by atoms with Crippen molar-refractivity contribution in [3.8, 4) is 5.75 Å². The maximum atomic E-state index is 13.8. The number of piperazine rings is 1. The lowest BCUT2D eigenvalue weighted by atomic mass is 10.1. The summed E-state index contributed by atoms with van der Waals surface area (Å²) in [5.41, 5.74) is 19.7. The molecule has 1 aromatic heterocycles. The maximum Gasteiger partial charge on any atom is 0.490 e. The number of aliphatic carboxylic acids is 1. The first-order chi connectivity index (χ1) is 27.2. The third-order valence-corrected chi connectivity index (χ3v) is 11.5. The number of hydrogen-bond acceptors (Lipinski definition) is 9. The van der Waals surface area contributed by atoms with Crippen LogP contribution in [0, 0.1) is 13.8 Å². The van der Waals surface area contributed by atoms with E-state index in [1.165, 1.54) is 12.1 Å². The Morgan fingerprint density at radius 1 is 1.00 bits per heavy atom. The molecule has 21 heteroatoms. The van der Waals surface area contributed by atoms with Crippen LogP contribution in [0.2, 0.25) is 10.0 Å². The number of carbonyl (C=O) groups is 3. The number of carbonyl (C=O) groups excluding carboxylic acids is 2. The zero-order chi connectivity index (χ0) is 43.4. The Kier molecular flexibility index (Phi) is 17.8. The van der Waals surface area contributed by atoms with E-state index in [4.69, 9.17) is 55.0 Å². The predicted octanol–water partition coefficient (Wildman–Crippen LogP) is 4.65. The van der Waals surface area contributed by atoms with Crippen molar-refractivity contribution >= 4 is 67.9 Å². The number of fused-ring (bicyclic) bond motifs is 1. The number of sulfonamides is 1. The van der Waals surface area contributed by atoms with Gasteiger partial charge in [0.25, 0.3) is 0 Å². The number of para-hydroxylation sites is 1. The predicted molar refractivity (Wildman–Crippen MR) is 215 cm³/mol. The van der Waals surface area contributed by atoms with Crippen LogP contribution >= 0.6 is 23.2 Å². The average Bonchev–Trinajstić information content (AvgIpc) is 3.15. The molecule has 0 spiro atoms. The number of aromatic nitrogens is 1. The number of benzene rings is 2. The number of halogens is 5. The molecule has 0 aliphatic carbocycles. The minimum absolute atomic E-state index is 0.0253. The molecule has 15 nitrogen and oxygen atoms in total. The monoisotopic (exact) mass is 876 g/mol. The summed E-state index contributed by atoms with van der Waals surface area (Å²) in [5.74, 6) is -2.78. The second-order valence-corrected chi connectivity index (χ2v) is 16.0. The molecular weight excluding hydrogens is 828 g/mol. The number of carboxylic acids is 1. The van der Waals surface area contributed by atoms with Crippen LogP contribution in [0.25, 0.3) is 10.9 Å². The zero-order valence-corrected chi connectivity index (χ0v) is 34.6. The SMILES string of the molecule is CCCC[C@@H](NS(=O)(=O)c1ccc(Cl)c(COc2cccc3c(C)cc(C)nc23)c1Cl)C(=O)N1CCN(C(=O)[C@@H](N)CCCCN=C(N)N)CC1.O=C(O)C(F)(F)F. The molecule has 1 aliphatic rings. The fourth-order valence-corrected chi connectivity index (χ4v) is 8.15. The second kappa shape index (κ2) is 21.5. The number of alkyl halides is 3. The van der Waals surface area contributed by atoms with Crippen molar-refractivity contribution in [1.29, 1.82) is 0 Å². The number of unbranched alkanes of at least 4 members (excludes halogenated alkanes) is 2. The van der Waals surface area contributed by atoms with Crippen LogP contribution in [0.3, 0.4) is 0 Å². The number of carboxylic acid groups (broad SMARTS) is 1. The number of amides is 2. The maximum absolute atomic E-state index is 13.8. The molecule has 1 aliphatic heterocycles. The van der Waals surface area contributed by atoms with Crippen LogP contribution < -0.4 is 26.7 Å². The van der Waals surface area contributed by atoms with Gasteiger partial charge in [-0.15, -0.1) is 0 Å². The molecule has 2 amide bonds. The molecule has 1 saturated heterocycles. The smallest absolute Gasteiger partial charge is 0.487 e. The fraction of sp³-hybridized carbons (Fsp3) is 0.486. The summed E-state index contributed by atoms with van der Waals surface area (Å²) in [7, 11) is -4.28. The fourth-order valence-electron chi connectivity index (χ4n) is 6.04. The molecule has 2 atom stereocenters. The molecule has 58 heavy (non-hydrogen) atoms. The third-order valence-electron chi connectivity index (χ3n) is 9.07. The van der Waals surface area contributed by atoms with E-state index in [9.17, 15) is 31.2 Å². The number of ether oxygens (including phenoxy) is 1. The molecular formula is C37H49Cl2F3N8O7S. The van der Waals surface area contributed by atoms with Gasteiger partial charge in [-0.1, -0.05) is 55.1 Å². The molecule has 0 bridgehead atoms. The Morgan fingerprint density at radius 3 is 2.21 bits per heavy atom. The minimum atomic E-state index is -5.08. The number of hydrogen-bond donors (Lipinski definition) is 5. The Bertz CT molecular complexity index is 2060. The average molecular weight is 878 g/mol. The largest absolute Gasteiger partial charge is 0.490 e. The Hall–Kier alpha value is -4.43. The number of rotatable bonds is 16. The number of guanidine groups is 1. The zero-order valence-electron chi connectivity index (χ0n) is 32.3. The van der Waals surface area contributed by atoms with E-state index in [-0.39, 0.29) is 77.5 Å². The summed E-state index contributed by atoms with van der Waals surface area (Å²) in [5, 5.41) is 8.19. The summed E-state index contributed by atoms with van der Waals surface area (Å²) in [4.78, 5) is 47.2. The van der Waals surface area contributed by atoms with Crippen molar-refractivity contribution in [2.75, 3.05) is 32.7 Å². The van der Waals surface area contributed by atoms with Crippen LogP contribution in [0.5, 0.6) is 5.75 Å². The normalized spacial score (nSPS) is 14.3. The number of nitrogens with one attached hydrogen (secondary N) is 1. The van der Waals surface area contributed by atoms with E-state index in [0.717, 1.165) is 23.1 Å². The lowest BCUT2D eigenvalue weighted by Gasteiger charge is -2.37. The third kappa shape index (κ3) is 13.6. The van der Waals surface area contributed by atoms with E-state index in [1.54, 1.807) is 15.9 Å². The minimum Gasteiger partial charge on any atom is -0.487 e. The van der Waals surface area contributed by atoms with Crippen molar-refractivity contribution in [2.24, 2.45) is 22.2 Å². The van der Waals surface area contributed by atoms with Crippen LogP contribution in [0.4, 0.5) is 13.2 Å². The summed E-state index contributed by atoms with van der Waals surface area (Å²) in [6.07, 6.45) is -1.56. The highest BCUT2D eigenvalue weighted by molar-refractivity contribution is 7.89. The van der Waals surface area contributed by atoms with E-state index < -0.39 is 34.3 Å². The summed E-state index contributed by atoms with van der Waals surface area (Å²) >= 11 is 13.2. The molecule has 320 valence electrons. The van der Waals surface area contributed by atoms with Crippen molar-refractivity contribution in [2.45, 2.75) is 89.1 Å². The van der Waals surface area contributed by atoms with Crippen LogP contribution in [0.15, 0.2) is 46.3 Å². The number of nitrogens with zero attached hydrogens (tertiary/aromatic N) is 4. The molecule has 2 heterocycles. The Balaban J connectivity index is 0.00000117. The van der Waals surface area contributed by atoms with Gasteiger partial charge < -0.3 is 36.8 Å². The highest BCUT2D eigenvalue weighted by Crippen LogP contribution is 2.34. The molecule has 4 rings (SSSR count). The lowest BCUT2D eigenvalue weighted by Crippen LogP contribution is -2.57. The quantitative estimate of drug-likeness (QED) is 0.0755. The molecule has 0 saturated carbocycles. The first-order valence-corrected chi connectivity index (χ1v) is 20.6. The van der Waals surface area contributed by atoms with Gasteiger partial charge >= 0.3 is 12.1 Å². The van der Waals surface area contributed by atoms with Crippen molar-refractivity contribution < 1.29 is 45.8 Å². The number of nitrogens with two attached hydrogens (primary N) is 3. The van der Waals surface area contributed by atoms with Gasteiger partial charge in [-0.3, -0.25) is 14.6 Å². The van der Waals surface area contributed by atoms with Gasteiger partial charge in [0.2, 0.25) is 21.8 Å². The molecule has 3 aromatic rings. The first kappa shape index (κ1) is 47.9. The van der Waals surface area contributed by atoms with E-state index in [2.05, 4.69) is 14.7 Å². The van der Waals surface area contributed by atoms with Crippen LogP contribution in [-0.2, 0) is 31.0 Å². The highest BCUT2D eigenvalue weighted by Gasteiger charge is 2.38. The highest BCUT2D eigenvalue weighted by atomic mass is 35.5. The van der Waals surface area contributed by atoms with Gasteiger partial charge in [0.05, 0.1) is 11.1 Å². The molecule has 2 aromatic carbocycles. The van der Waals surface area contributed by atoms with Gasteiger partial charge in [0, 0.05) is 54.4 Å². The van der Waals surface area contributed by atoms with Crippen molar-refractivity contribution in [3.63, 3.8) is 0 Å². The van der Waals surface area contributed by atoms with Gasteiger partial charge in [-0.25, -0.2) is 18.2 Å². The van der Waals surface area contributed by atoms with Crippen LogP contribution in [-0.4, -0.2) is 103 Å². The summed E-state index contributed by atoms with van der Waals surface area (Å²) in [6, 6.07) is 8.64. The Morgan fingerprint density at radius 2 is 1.62 bits per heavy atom. The summed E-state index contributed by atoms with van der Waals surface area (Å²) < 4.78 is 68.1. The molecule has 8 N–H and O–H groups in total. The van der Waals surface area contributed by atoms with E-state index in [1.807, 2.05) is 39.0 Å². The molecule has 1 fully saturated rings. The Labute approximate surface area is 345 Å². The first-order valence-electron chi connectivity index (χ1n) is 18.4. The molecule has 0 unspecified atom stereocenters. The number of aryl methyl sites for hydroxylation is 2. The standard InChI is InChI=1S/C35H48Cl2N8O5S.C2HF3O2/c1-4-5-11-28(34(47)45-18-16-44(17-19-45)33(46)27(38)10-6-7-15-41-35(39)40)43-51(48,49)30-14-13-26(36)25(31(30)37)21-50-29-12-8-9-24-22(2)20-23(3)42-32(24)29;3-2(4,5)1(6)7/h8-9,12-14,20,27-28,43H,4-7,10-11,15-19,21,38H2,1-3H3,(H4,39,40,41);(H,6,7)/t27-,28+;/m0./s1.